The van der Waals surface area contributed by atoms with Crippen LogP contribution >= 0.6 is 0 Å². The molecule has 3 aliphatic rings. The quantitative estimate of drug-likeness (QED) is 0.420. The number of benzene rings is 1. The van der Waals surface area contributed by atoms with Crippen LogP contribution in [0.25, 0.3) is 0 Å². The summed E-state index contributed by atoms with van der Waals surface area (Å²) in [4.78, 5) is 39.8. The molecule has 0 saturated heterocycles. The van der Waals surface area contributed by atoms with Gasteiger partial charge in [0.25, 0.3) is 17.7 Å². The van der Waals surface area contributed by atoms with Crippen molar-refractivity contribution >= 4 is 17.7 Å². The third kappa shape index (κ3) is 8.07. The molecule has 0 unspecified atom stereocenters. The Hall–Kier alpha value is -2.37. The third-order valence-electron chi connectivity index (χ3n) is 8.29. The van der Waals surface area contributed by atoms with E-state index in [0.29, 0.717) is 16.7 Å². The number of nitrogens with one attached hydrogen (secondary N) is 3. The Morgan fingerprint density at radius 3 is 0.861 bits per heavy atom. The number of hydrogen-bond acceptors (Lipinski definition) is 3. The summed E-state index contributed by atoms with van der Waals surface area (Å²) in [5, 5.41) is 9.55. The highest BCUT2D eigenvalue weighted by molar-refractivity contribution is 6.04. The lowest BCUT2D eigenvalue weighted by Gasteiger charge is -2.20. The first-order chi connectivity index (χ1) is 17.6. The van der Waals surface area contributed by atoms with E-state index in [1.165, 1.54) is 38.5 Å². The van der Waals surface area contributed by atoms with Crippen molar-refractivity contribution in [3.8, 4) is 0 Å². The summed E-state index contributed by atoms with van der Waals surface area (Å²) in [5.41, 5.74) is 1.20. The lowest BCUT2D eigenvalue weighted by atomic mass is 10.0. The molecule has 198 valence electrons. The summed E-state index contributed by atoms with van der Waals surface area (Å²) in [6.07, 6.45) is 20.0. The van der Waals surface area contributed by atoms with Gasteiger partial charge in [-0.3, -0.25) is 14.4 Å². The van der Waals surface area contributed by atoms with Crippen molar-refractivity contribution in [2.24, 2.45) is 0 Å². The van der Waals surface area contributed by atoms with Gasteiger partial charge in [-0.2, -0.15) is 0 Å². The Bertz CT molecular complexity index is 749. The van der Waals surface area contributed by atoms with Gasteiger partial charge in [0, 0.05) is 34.8 Å². The molecule has 6 heteroatoms. The molecule has 0 bridgehead atoms. The van der Waals surface area contributed by atoms with E-state index in [9.17, 15) is 14.4 Å². The fraction of sp³-hybridized carbons (Fsp3) is 0.700. The molecule has 3 saturated carbocycles. The van der Waals surface area contributed by atoms with E-state index >= 15 is 0 Å². The Kier molecular flexibility index (Phi) is 10.2. The lowest BCUT2D eigenvalue weighted by Crippen LogP contribution is -2.37. The Labute approximate surface area is 216 Å². The maximum absolute atomic E-state index is 13.3. The number of rotatable bonds is 6. The first-order valence-electron chi connectivity index (χ1n) is 14.7. The summed E-state index contributed by atoms with van der Waals surface area (Å²) >= 11 is 0. The zero-order chi connectivity index (χ0) is 25.2. The van der Waals surface area contributed by atoms with Gasteiger partial charge in [-0.15, -0.1) is 0 Å². The highest BCUT2D eigenvalue weighted by atomic mass is 16.2. The summed E-state index contributed by atoms with van der Waals surface area (Å²) in [7, 11) is 0. The molecular formula is C30H45N3O3. The molecule has 0 aromatic heterocycles. The van der Waals surface area contributed by atoms with Crippen LogP contribution in [0.15, 0.2) is 18.2 Å². The first-order valence-corrected chi connectivity index (χ1v) is 14.7. The molecule has 0 heterocycles. The van der Waals surface area contributed by atoms with Crippen LogP contribution in [0.4, 0.5) is 0 Å². The first kappa shape index (κ1) is 26.7. The van der Waals surface area contributed by atoms with Crippen molar-refractivity contribution in [2.45, 2.75) is 134 Å². The van der Waals surface area contributed by atoms with Gasteiger partial charge >= 0.3 is 0 Å². The van der Waals surface area contributed by atoms with E-state index in [1.807, 2.05) is 0 Å². The average Bonchev–Trinajstić information content (AvgIpc) is 3.40. The van der Waals surface area contributed by atoms with Crippen LogP contribution in [0.1, 0.15) is 147 Å². The molecule has 3 N–H and O–H groups in total. The lowest BCUT2D eigenvalue weighted by molar-refractivity contribution is 0.0932. The van der Waals surface area contributed by atoms with Crippen LogP contribution in [-0.2, 0) is 0 Å². The molecule has 36 heavy (non-hydrogen) atoms. The molecule has 1 aromatic carbocycles. The van der Waals surface area contributed by atoms with Crippen molar-refractivity contribution in [1.29, 1.82) is 0 Å². The van der Waals surface area contributed by atoms with E-state index in [4.69, 9.17) is 0 Å². The minimum absolute atomic E-state index is 0.159. The molecule has 0 aliphatic heterocycles. The minimum Gasteiger partial charge on any atom is -0.349 e. The second-order valence-corrected chi connectivity index (χ2v) is 11.3. The van der Waals surface area contributed by atoms with Gasteiger partial charge in [0.15, 0.2) is 0 Å². The fourth-order valence-corrected chi connectivity index (χ4v) is 6.10. The Morgan fingerprint density at radius 2 is 0.639 bits per heavy atom. The van der Waals surface area contributed by atoms with Crippen LogP contribution < -0.4 is 16.0 Å². The Morgan fingerprint density at radius 1 is 0.417 bits per heavy atom. The number of carbonyl (C=O) groups excluding carboxylic acids is 3. The van der Waals surface area contributed by atoms with Crippen molar-refractivity contribution in [2.75, 3.05) is 0 Å². The van der Waals surface area contributed by atoms with Gasteiger partial charge in [-0.1, -0.05) is 77.0 Å². The van der Waals surface area contributed by atoms with Crippen LogP contribution in [0.2, 0.25) is 0 Å². The second-order valence-electron chi connectivity index (χ2n) is 11.3. The molecule has 1 aromatic rings. The summed E-state index contributed by atoms with van der Waals surface area (Å²) in [6.45, 7) is 0. The average molecular weight is 496 g/mol. The van der Waals surface area contributed by atoms with Crippen molar-refractivity contribution in [1.82, 2.24) is 16.0 Å². The number of carbonyl (C=O) groups is 3. The second kappa shape index (κ2) is 13.8. The van der Waals surface area contributed by atoms with Gasteiger partial charge in [-0.05, 0) is 56.7 Å². The molecule has 0 spiro atoms. The van der Waals surface area contributed by atoms with Gasteiger partial charge in [-0.25, -0.2) is 0 Å². The number of hydrogen-bond donors (Lipinski definition) is 3. The molecule has 3 aliphatic carbocycles. The van der Waals surface area contributed by atoms with E-state index in [1.54, 1.807) is 18.2 Å². The highest BCUT2D eigenvalue weighted by Crippen LogP contribution is 2.21. The molecule has 3 fully saturated rings. The standard InChI is InChI=1S/C30H45N3O3/c34-28(31-25-13-7-1-2-8-14-25)22-19-23(29(35)32-26-15-9-3-4-10-16-26)21-24(20-22)30(36)33-27-17-11-5-6-12-18-27/h19-21,25-27H,1-18H2,(H,31,34)(H,32,35)(H,33,36). The highest BCUT2D eigenvalue weighted by Gasteiger charge is 2.23. The molecule has 0 radical (unpaired) electrons. The van der Waals surface area contributed by atoms with E-state index in [0.717, 1.165) is 77.0 Å². The molecule has 0 atom stereocenters. The summed E-state index contributed by atoms with van der Waals surface area (Å²) in [5.74, 6) is -0.557. The topological polar surface area (TPSA) is 87.3 Å². The maximum Gasteiger partial charge on any atom is 0.251 e. The Balaban J connectivity index is 1.52. The van der Waals surface area contributed by atoms with Crippen LogP contribution in [0.5, 0.6) is 0 Å². The molecule has 4 rings (SSSR count). The monoisotopic (exact) mass is 495 g/mol. The van der Waals surface area contributed by atoms with Gasteiger partial charge < -0.3 is 16.0 Å². The predicted molar refractivity (Wildman–Crippen MR) is 143 cm³/mol. The molecular weight excluding hydrogens is 450 g/mol. The summed E-state index contributed by atoms with van der Waals surface area (Å²) < 4.78 is 0. The van der Waals surface area contributed by atoms with Gasteiger partial charge in [0.2, 0.25) is 0 Å². The van der Waals surface area contributed by atoms with Crippen molar-refractivity contribution in [3.05, 3.63) is 34.9 Å². The minimum atomic E-state index is -0.186. The van der Waals surface area contributed by atoms with Crippen LogP contribution in [0.3, 0.4) is 0 Å². The fourth-order valence-electron chi connectivity index (χ4n) is 6.10. The smallest absolute Gasteiger partial charge is 0.251 e. The van der Waals surface area contributed by atoms with Crippen molar-refractivity contribution < 1.29 is 14.4 Å². The van der Waals surface area contributed by atoms with E-state index in [2.05, 4.69) is 16.0 Å². The maximum atomic E-state index is 13.3. The SMILES string of the molecule is O=C(NC1CCCCCC1)c1cc(C(=O)NC2CCCCCC2)cc(C(=O)NC2CCCCCC2)c1. The van der Waals surface area contributed by atoms with E-state index < -0.39 is 0 Å². The zero-order valence-corrected chi connectivity index (χ0v) is 21.9. The third-order valence-corrected chi connectivity index (χ3v) is 8.29. The normalized spacial score (nSPS) is 21.0. The van der Waals surface area contributed by atoms with Crippen molar-refractivity contribution in [3.63, 3.8) is 0 Å². The number of amides is 3. The zero-order valence-electron chi connectivity index (χ0n) is 21.9. The van der Waals surface area contributed by atoms with Gasteiger partial charge in [0.05, 0.1) is 0 Å². The largest absolute Gasteiger partial charge is 0.349 e. The predicted octanol–water partition coefficient (Wildman–Crippen LogP) is 6.04. The van der Waals surface area contributed by atoms with Gasteiger partial charge in [0.1, 0.15) is 0 Å². The van der Waals surface area contributed by atoms with Crippen LogP contribution in [0, 0.1) is 0 Å². The summed E-state index contributed by atoms with van der Waals surface area (Å²) in [6, 6.07) is 5.48. The van der Waals surface area contributed by atoms with Crippen LogP contribution in [-0.4, -0.2) is 35.8 Å². The molecule has 3 amide bonds. The molecule has 6 nitrogen and oxygen atoms in total. The van der Waals surface area contributed by atoms with E-state index in [-0.39, 0.29) is 35.8 Å².